The summed E-state index contributed by atoms with van der Waals surface area (Å²) in [5.41, 5.74) is 4.63. The van der Waals surface area contributed by atoms with E-state index in [-0.39, 0.29) is 28.4 Å². The number of aliphatic hydroxyl groups is 2. The lowest BCUT2D eigenvalue weighted by Crippen LogP contribution is -2.57. The van der Waals surface area contributed by atoms with E-state index in [1.165, 1.54) is 16.7 Å². The SMILES string of the molecule is CC1(C)COC2(CCC3=C4C(CCC3(O)C2)C2CCC(O)C2(C)C[C@@H]4c2ccc(C#Cc3ccc(C(=O)O)cc3)cc2)OC1. The number of hydrogen-bond donors (Lipinski definition) is 3. The number of carboxylic acids is 1. The second-order valence-corrected chi connectivity index (χ2v) is 15.2. The molecular weight excluding hydrogens is 552 g/mol. The third-order valence-electron chi connectivity index (χ3n) is 11.6. The molecule has 3 N–H and O–H groups in total. The number of benzene rings is 2. The summed E-state index contributed by atoms with van der Waals surface area (Å²) in [5, 5.41) is 32.7. The highest BCUT2D eigenvalue weighted by molar-refractivity contribution is 5.87. The van der Waals surface area contributed by atoms with Gasteiger partial charge in [0, 0.05) is 35.3 Å². The first-order valence-corrected chi connectivity index (χ1v) is 16.3. The third-order valence-corrected chi connectivity index (χ3v) is 11.6. The van der Waals surface area contributed by atoms with Crippen LogP contribution in [0.4, 0.5) is 0 Å². The molecule has 232 valence electrons. The third kappa shape index (κ3) is 5.03. The maximum absolute atomic E-state index is 12.4. The Bertz CT molecular complexity index is 1530. The first-order valence-electron chi connectivity index (χ1n) is 16.3. The summed E-state index contributed by atoms with van der Waals surface area (Å²) in [6, 6.07) is 15.1. The molecular formula is C38H44O6. The molecule has 5 unspecified atom stereocenters. The molecule has 44 heavy (non-hydrogen) atoms. The zero-order valence-corrected chi connectivity index (χ0v) is 26.1. The number of rotatable bonds is 2. The van der Waals surface area contributed by atoms with Crippen LogP contribution in [0.2, 0.25) is 0 Å². The van der Waals surface area contributed by atoms with Crippen molar-refractivity contribution in [2.24, 2.45) is 22.7 Å². The number of aliphatic hydroxyl groups excluding tert-OH is 1. The molecule has 4 fully saturated rings. The van der Waals surface area contributed by atoms with E-state index < -0.39 is 17.4 Å². The molecule has 1 heterocycles. The maximum Gasteiger partial charge on any atom is 0.335 e. The van der Waals surface area contributed by atoms with Crippen LogP contribution in [0.5, 0.6) is 0 Å². The average molecular weight is 597 g/mol. The number of carboxylic acid groups (broad SMARTS) is 1. The number of fused-ring (bicyclic) bond motifs is 4. The molecule has 0 amide bonds. The first kappa shape index (κ1) is 29.7. The van der Waals surface area contributed by atoms with E-state index in [0.717, 1.165) is 49.7 Å². The van der Waals surface area contributed by atoms with E-state index >= 15 is 0 Å². The molecule has 2 aromatic rings. The van der Waals surface area contributed by atoms with Crippen LogP contribution in [0.3, 0.4) is 0 Å². The molecule has 4 aliphatic carbocycles. The van der Waals surface area contributed by atoms with Gasteiger partial charge in [-0.15, -0.1) is 0 Å². The summed E-state index contributed by atoms with van der Waals surface area (Å²) >= 11 is 0. The lowest BCUT2D eigenvalue weighted by Gasteiger charge is -2.57. The fourth-order valence-electron chi connectivity index (χ4n) is 9.16. The van der Waals surface area contributed by atoms with Crippen LogP contribution in [-0.2, 0) is 9.47 Å². The Balaban J connectivity index is 1.21. The fraction of sp³-hybridized carbons (Fsp3) is 0.553. The van der Waals surface area contributed by atoms with Gasteiger partial charge in [0.15, 0.2) is 5.79 Å². The van der Waals surface area contributed by atoms with Crippen molar-refractivity contribution in [3.8, 4) is 11.8 Å². The first-order chi connectivity index (χ1) is 20.9. The van der Waals surface area contributed by atoms with Crippen LogP contribution in [-0.4, -0.2) is 52.0 Å². The molecule has 6 nitrogen and oxygen atoms in total. The minimum Gasteiger partial charge on any atom is -0.478 e. The lowest BCUT2D eigenvalue weighted by molar-refractivity contribution is -0.322. The summed E-state index contributed by atoms with van der Waals surface area (Å²) in [6.45, 7) is 7.89. The van der Waals surface area contributed by atoms with Crippen molar-refractivity contribution in [1.82, 2.24) is 0 Å². The Morgan fingerprint density at radius 2 is 1.52 bits per heavy atom. The fourth-order valence-corrected chi connectivity index (χ4v) is 9.16. The topological polar surface area (TPSA) is 96.2 Å². The van der Waals surface area contributed by atoms with Gasteiger partial charge >= 0.3 is 5.97 Å². The van der Waals surface area contributed by atoms with E-state index in [4.69, 9.17) is 14.6 Å². The van der Waals surface area contributed by atoms with E-state index in [9.17, 15) is 15.0 Å². The van der Waals surface area contributed by atoms with Gasteiger partial charge in [-0.05, 0) is 103 Å². The van der Waals surface area contributed by atoms with Crippen molar-refractivity contribution < 1.29 is 29.6 Å². The quantitative estimate of drug-likeness (QED) is 0.273. The zero-order valence-electron chi connectivity index (χ0n) is 26.1. The predicted molar refractivity (Wildman–Crippen MR) is 167 cm³/mol. The van der Waals surface area contributed by atoms with Crippen LogP contribution >= 0.6 is 0 Å². The van der Waals surface area contributed by atoms with Gasteiger partial charge in [0.1, 0.15) is 0 Å². The maximum atomic E-state index is 12.4. The molecule has 1 aliphatic heterocycles. The second-order valence-electron chi connectivity index (χ2n) is 15.2. The lowest BCUT2D eigenvalue weighted by atomic mass is 9.51. The number of hydrogen-bond acceptors (Lipinski definition) is 5. The van der Waals surface area contributed by atoms with Crippen molar-refractivity contribution in [3.05, 3.63) is 81.9 Å². The highest BCUT2D eigenvalue weighted by Gasteiger charge is 2.60. The van der Waals surface area contributed by atoms with Crippen LogP contribution in [0.25, 0.3) is 0 Å². The average Bonchev–Trinajstić information content (AvgIpc) is 3.31. The molecule has 0 bridgehead atoms. The smallest absolute Gasteiger partial charge is 0.335 e. The monoisotopic (exact) mass is 596 g/mol. The Morgan fingerprint density at radius 3 is 2.16 bits per heavy atom. The molecule has 1 saturated heterocycles. The standard InChI is InChI=1S/C38H44O6/c1-35(2)22-43-38(44-23-35)19-17-31-33-28(16-18-37(31,42)21-38)30-14-15-32(39)36(30,3)20-29(33)26-10-6-24(7-11-26)4-5-25-8-12-27(13-9-25)34(40)41/h6-13,28-30,32,39,42H,14-23H2,1-3H3,(H,40,41)/t28?,29-,30?,32?,36?,37?/m1/s1. The largest absolute Gasteiger partial charge is 0.478 e. The number of carbonyl (C=O) groups is 1. The predicted octanol–water partition coefficient (Wildman–Crippen LogP) is 6.44. The molecule has 6 atom stereocenters. The summed E-state index contributed by atoms with van der Waals surface area (Å²) in [4.78, 5) is 11.2. The molecule has 1 spiro atoms. The molecule has 6 heteroatoms. The Hall–Kier alpha value is -2.95. The van der Waals surface area contributed by atoms with Gasteiger partial charge < -0.3 is 24.8 Å². The van der Waals surface area contributed by atoms with E-state index in [2.05, 4.69) is 56.9 Å². The van der Waals surface area contributed by atoms with Crippen molar-refractivity contribution in [1.29, 1.82) is 0 Å². The van der Waals surface area contributed by atoms with Crippen LogP contribution in [0, 0.1) is 34.5 Å². The normalized spacial score (nSPS) is 35.2. The summed E-state index contributed by atoms with van der Waals surface area (Å²) in [5.74, 6) is 5.62. The number of aromatic carboxylic acids is 1. The van der Waals surface area contributed by atoms with Gasteiger partial charge in [-0.2, -0.15) is 0 Å². The Labute approximate surface area is 260 Å². The van der Waals surface area contributed by atoms with Crippen molar-refractivity contribution in [3.63, 3.8) is 0 Å². The van der Waals surface area contributed by atoms with Gasteiger partial charge in [-0.3, -0.25) is 0 Å². The van der Waals surface area contributed by atoms with E-state index in [1.54, 1.807) is 24.3 Å². The molecule has 5 aliphatic rings. The molecule has 2 aromatic carbocycles. The van der Waals surface area contributed by atoms with E-state index in [0.29, 0.717) is 37.9 Å². The number of ether oxygens (including phenoxy) is 2. The van der Waals surface area contributed by atoms with Gasteiger partial charge in [0.05, 0.1) is 30.5 Å². The van der Waals surface area contributed by atoms with Gasteiger partial charge in [-0.25, -0.2) is 4.79 Å². The van der Waals surface area contributed by atoms with Gasteiger partial charge in [0.2, 0.25) is 0 Å². The minimum atomic E-state index is -0.949. The van der Waals surface area contributed by atoms with Crippen LogP contribution in [0.1, 0.15) is 105 Å². The summed E-state index contributed by atoms with van der Waals surface area (Å²) in [6.07, 6.45) is 6.11. The van der Waals surface area contributed by atoms with Crippen LogP contribution < -0.4 is 0 Å². The van der Waals surface area contributed by atoms with Crippen molar-refractivity contribution in [2.75, 3.05) is 13.2 Å². The second kappa shape index (κ2) is 10.6. The van der Waals surface area contributed by atoms with Gasteiger partial charge in [0.25, 0.3) is 0 Å². The number of allylic oxidation sites excluding steroid dienone is 1. The zero-order chi connectivity index (χ0) is 30.9. The molecule has 0 aromatic heterocycles. The van der Waals surface area contributed by atoms with Gasteiger partial charge in [-0.1, -0.05) is 50.3 Å². The minimum absolute atomic E-state index is 0.0198. The highest BCUT2D eigenvalue weighted by atomic mass is 16.7. The molecule has 3 saturated carbocycles. The Morgan fingerprint density at radius 1 is 0.886 bits per heavy atom. The molecule has 0 radical (unpaired) electrons. The Kier molecular flexibility index (Phi) is 7.14. The van der Waals surface area contributed by atoms with Crippen LogP contribution in [0.15, 0.2) is 59.7 Å². The molecule has 7 rings (SSSR count). The van der Waals surface area contributed by atoms with Crippen molar-refractivity contribution in [2.45, 2.75) is 95.5 Å². The highest BCUT2D eigenvalue weighted by Crippen LogP contribution is 2.65. The van der Waals surface area contributed by atoms with E-state index in [1.807, 2.05) is 0 Å². The summed E-state index contributed by atoms with van der Waals surface area (Å²) < 4.78 is 12.8. The summed E-state index contributed by atoms with van der Waals surface area (Å²) in [7, 11) is 0. The van der Waals surface area contributed by atoms with Crippen molar-refractivity contribution >= 4 is 5.97 Å².